The number of carbonyl (C=O) groups is 1. The number of benzene rings is 2. The average Bonchev–Trinajstić information content (AvgIpc) is 2.49. The molecule has 0 unspecified atom stereocenters. The van der Waals surface area contributed by atoms with Crippen LogP contribution in [-0.2, 0) is 9.53 Å². The minimum atomic E-state index is -0.386. The molecular formula is C17H17NO4. The number of carbonyl (C=O) groups excluding carboxylic acids is 1. The minimum Gasteiger partial charge on any atom is -0.466 e. The fourth-order valence-corrected chi connectivity index (χ4v) is 2.18. The fraction of sp³-hybridized carbons (Fsp3) is 0.235. The lowest BCUT2D eigenvalue weighted by Gasteiger charge is -2.02. The highest BCUT2D eigenvalue weighted by Gasteiger charge is 2.11. The standard InChI is InChI=1S/C17H17NO4/c1-13(19)22-10-4-7-17(18(20)21)12-14-8-9-15-5-2-3-6-16(15)11-14/h2-3,5-6,8-9,11-12H,4,7,10H2,1H3/b17-12+. The topological polar surface area (TPSA) is 69.4 Å². The van der Waals surface area contributed by atoms with Gasteiger partial charge in [0, 0.05) is 19.4 Å². The van der Waals surface area contributed by atoms with E-state index < -0.39 is 0 Å². The summed E-state index contributed by atoms with van der Waals surface area (Å²) in [6.07, 6.45) is 2.26. The lowest BCUT2D eigenvalue weighted by molar-refractivity contribution is -0.426. The summed E-state index contributed by atoms with van der Waals surface area (Å²) in [5.74, 6) is -0.374. The molecule has 2 rings (SSSR count). The van der Waals surface area contributed by atoms with Crippen molar-refractivity contribution in [3.8, 4) is 0 Å². The molecule has 0 saturated carbocycles. The molecule has 0 aliphatic carbocycles. The molecule has 0 atom stereocenters. The Labute approximate surface area is 128 Å². The molecule has 0 aliphatic heterocycles. The number of allylic oxidation sites excluding steroid dienone is 1. The van der Waals surface area contributed by atoms with Crippen molar-refractivity contribution in [1.29, 1.82) is 0 Å². The molecule has 0 N–H and O–H groups in total. The van der Waals surface area contributed by atoms with Crippen LogP contribution < -0.4 is 0 Å². The van der Waals surface area contributed by atoms with Gasteiger partial charge in [0.25, 0.3) is 0 Å². The maximum atomic E-state index is 11.1. The van der Waals surface area contributed by atoms with Crippen molar-refractivity contribution in [2.75, 3.05) is 6.61 Å². The fourth-order valence-electron chi connectivity index (χ4n) is 2.18. The molecular weight excluding hydrogens is 282 g/mol. The van der Waals surface area contributed by atoms with E-state index in [-0.39, 0.29) is 29.6 Å². The van der Waals surface area contributed by atoms with Gasteiger partial charge in [-0.1, -0.05) is 36.4 Å². The van der Waals surface area contributed by atoms with Crippen LogP contribution in [0.1, 0.15) is 25.3 Å². The van der Waals surface area contributed by atoms with E-state index in [1.807, 2.05) is 42.5 Å². The quantitative estimate of drug-likeness (QED) is 0.352. The van der Waals surface area contributed by atoms with Crippen molar-refractivity contribution in [3.05, 3.63) is 63.8 Å². The number of nitro groups is 1. The third-order valence-electron chi connectivity index (χ3n) is 3.22. The zero-order valence-corrected chi connectivity index (χ0v) is 12.3. The van der Waals surface area contributed by atoms with Gasteiger partial charge in [-0.2, -0.15) is 0 Å². The van der Waals surface area contributed by atoms with Crippen LogP contribution in [0.15, 0.2) is 48.2 Å². The zero-order valence-electron chi connectivity index (χ0n) is 12.3. The summed E-state index contributed by atoms with van der Waals surface area (Å²) < 4.78 is 4.79. The van der Waals surface area contributed by atoms with Gasteiger partial charge in [0.05, 0.1) is 11.5 Å². The summed E-state index contributed by atoms with van der Waals surface area (Å²) in [4.78, 5) is 21.4. The van der Waals surface area contributed by atoms with Crippen molar-refractivity contribution in [3.63, 3.8) is 0 Å². The van der Waals surface area contributed by atoms with Crippen molar-refractivity contribution in [2.24, 2.45) is 0 Å². The van der Waals surface area contributed by atoms with E-state index in [0.717, 1.165) is 16.3 Å². The number of rotatable bonds is 6. The molecule has 2 aromatic rings. The number of fused-ring (bicyclic) bond motifs is 1. The Balaban J connectivity index is 2.13. The molecule has 114 valence electrons. The average molecular weight is 299 g/mol. The van der Waals surface area contributed by atoms with E-state index in [0.29, 0.717) is 6.42 Å². The second-order valence-corrected chi connectivity index (χ2v) is 4.94. The van der Waals surface area contributed by atoms with Crippen molar-refractivity contribution >= 4 is 22.8 Å². The van der Waals surface area contributed by atoms with E-state index >= 15 is 0 Å². The Morgan fingerprint density at radius 1 is 1.23 bits per heavy atom. The first-order valence-corrected chi connectivity index (χ1v) is 7.03. The van der Waals surface area contributed by atoms with Crippen LogP contribution in [0.4, 0.5) is 0 Å². The maximum absolute atomic E-state index is 11.1. The van der Waals surface area contributed by atoms with Crippen LogP contribution in [0, 0.1) is 10.1 Å². The van der Waals surface area contributed by atoms with E-state index in [1.54, 1.807) is 6.08 Å². The molecule has 0 spiro atoms. The second-order valence-electron chi connectivity index (χ2n) is 4.94. The van der Waals surface area contributed by atoms with E-state index in [2.05, 4.69) is 0 Å². The van der Waals surface area contributed by atoms with Crippen LogP contribution in [-0.4, -0.2) is 17.5 Å². The minimum absolute atomic E-state index is 0.113. The van der Waals surface area contributed by atoms with Gasteiger partial charge in [-0.15, -0.1) is 0 Å². The molecule has 0 amide bonds. The largest absolute Gasteiger partial charge is 0.466 e. The zero-order chi connectivity index (χ0) is 15.9. The van der Waals surface area contributed by atoms with Crippen molar-refractivity contribution in [1.82, 2.24) is 0 Å². The van der Waals surface area contributed by atoms with Crippen LogP contribution in [0.2, 0.25) is 0 Å². The highest BCUT2D eigenvalue weighted by molar-refractivity contribution is 5.84. The van der Waals surface area contributed by atoms with Crippen LogP contribution in [0.25, 0.3) is 16.8 Å². The molecule has 0 saturated heterocycles. The molecule has 0 bridgehead atoms. The number of esters is 1. The first-order chi connectivity index (χ1) is 10.6. The Hall–Kier alpha value is -2.69. The van der Waals surface area contributed by atoms with Crippen molar-refractivity contribution in [2.45, 2.75) is 19.8 Å². The van der Waals surface area contributed by atoms with Gasteiger partial charge in [-0.3, -0.25) is 14.9 Å². The third kappa shape index (κ3) is 4.41. The molecule has 5 nitrogen and oxygen atoms in total. The first-order valence-electron chi connectivity index (χ1n) is 7.03. The molecule has 0 aliphatic rings. The number of nitrogens with zero attached hydrogens (tertiary/aromatic N) is 1. The second kappa shape index (κ2) is 7.36. The molecule has 2 aromatic carbocycles. The van der Waals surface area contributed by atoms with Crippen LogP contribution in [0.3, 0.4) is 0 Å². The maximum Gasteiger partial charge on any atom is 0.302 e. The summed E-state index contributed by atoms with van der Waals surface area (Å²) in [6, 6.07) is 13.6. The van der Waals surface area contributed by atoms with Gasteiger partial charge in [-0.05, 0) is 28.8 Å². The van der Waals surface area contributed by atoms with Gasteiger partial charge >= 0.3 is 5.97 Å². The lowest BCUT2D eigenvalue weighted by atomic mass is 10.1. The summed E-state index contributed by atoms with van der Waals surface area (Å²) in [5.41, 5.74) is 0.903. The van der Waals surface area contributed by atoms with Crippen molar-refractivity contribution < 1.29 is 14.5 Å². The number of hydrogen-bond acceptors (Lipinski definition) is 4. The van der Waals surface area contributed by atoms with Gasteiger partial charge < -0.3 is 4.74 Å². The number of hydrogen-bond donors (Lipinski definition) is 0. The predicted octanol–water partition coefficient (Wildman–Crippen LogP) is 3.80. The Kier molecular flexibility index (Phi) is 5.25. The summed E-state index contributed by atoms with van der Waals surface area (Å²) in [5, 5.41) is 13.3. The van der Waals surface area contributed by atoms with Crippen LogP contribution in [0.5, 0.6) is 0 Å². The normalized spacial score (nSPS) is 11.4. The number of ether oxygens (including phenoxy) is 1. The molecule has 0 radical (unpaired) electrons. The van der Waals surface area contributed by atoms with E-state index in [9.17, 15) is 14.9 Å². The third-order valence-corrected chi connectivity index (χ3v) is 3.22. The molecule has 0 fully saturated rings. The van der Waals surface area contributed by atoms with Crippen LogP contribution >= 0.6 is 0 Å². The summed E-state index contributed by atoms with van der Waals surface area (Å²) >= 11 is 0. The molecule has 22 heavy (non-hydrogen) atoms. The van der Waals surface area contributed by atoms with E-state index in [4.69, 9.17) is 4.74 Å². The highest BCUT2D eigenvalue weighted by atomic mass is 16.6. The monoisotopic (exact) mass is 299 g/mol. The molecule has 5 heteroatoms. The lowest BCUT2D eigenvalue weighted by Crippen LogP contribution is -2.04. The smallest absolute Gasteiger partial charge is 0.302 e. The van der Waals surface area contributed by atoms with Gasteiger partial charge in [0.2, 0.25) is 5.70 Å². The summed E-state index contributed by atoms with van der Waals surface area (Å²) in [6.45, 7) is 1.51. The Bertz CT molecular complexity index is 721. The predicted molar refractivity (Wildman–Crippen MR) is 84.8 cm³/mol. The Morgan fingerprint density at radius 3 is 2.64 bits per heavy atom. The van der Waals surface area contributed by atoms with E-state index in [1.165, 1.54) is 6.92 Å². The van der Waals surface area contributed by atoms with Gasteiger partial charge in [0.15, 0.2) is 0 Å². The van der Waals surface area contributed by atoms with Gasteiger partial charge in [-0.25, -0.2) is 0 Å². The molecule has 0 heterocycles. The first kappa shape index (κ1) is 15.7. The summed E-state index contributed by atoms with van der Waals surface area (Å²) in [7, 11) is 0. The highest BCUT2D eigenvalue weighted by Crippen LogP contribution is 2.19. The van der Waals surface area contributed by atoms with Gasteiger partial charge in [0.1, 0.15) is 0 Å². The SMILES string of the molecule is CC(=O)OCCC/C(=C\c1ccc2ccccc2c1)[N+](=O)[O-]. The molecule has 0 aromatic heterocycles. The Morgan fingerprint density at radius 2 is 1.95 bits per heavy atom.